The minimum Gasteiger partial charge on any atom is -0.359 e. The summed E-state index contributed by atoms with van der Waals surface area (Å²) in [6, 6.07) is 14.9. The van der Waals surface area contributed by atoms with E-state index in [9.17, 15) is 9.18 Å². The van der Waals surface area contributed by atoms with Crippen molar-refractivity contribution in [1.82, 2.24) is 0 Å². The van der Waals surface area contributed by atoms with Gasteiger partial charge in [0.15, 0.2) is 0 Å². The Balaban J connectivity index is 1.58. The molecule has 3 rings (SSSR count). The number of halogens is 1. The Morgan fingerprint density at radius 2 is 1.71 bits per heavy atom. The van der Waals surface area contributed by atoms with E-state index in [1.807, 2.05) is 31.2 Å². The fourth-order valence-electron chi connectivity index (χ4n) is 3.72. The van der Waals surface area contributed by atoms with Gasteiger partial charge in [0.2, 0.25) is 0 Å². The van der Waals surface area contributed by atoms with Gasteiger partial charge < -0.3 is 5.32 Å². The van der Waals surface area contributed by atoms with E-state index in [0.29, 0.717) is 12.0 Å². The summed E-state index contributed by atoms with van der Waals surface area (Å²) in [5, 5.41) is 3.31. The molecule has 1 saturated carbocycles. The fraction of sp³-hybridized carbons (Fsp3) is 0.400. The van der Waals surface area contributed by atoms with Crippen molar-refractivity contribution in [1.29, 1.82) is 0 Å². The zero-order valence-electron chi connectivity index (χ0n) is 16.9. The first-order valence-corrected chi connectivity index (χ1v) is 10.2. The summed E-state index contributed by atoms with van der Waals surface area (Å²) >= 11 is 0. The van der Waals surface area contributed by atoms with Gasteiger partial charge in [0, 0.05) is 17.8 Å². The van der Waals surface area contributed by atoms with Crippen LogP contribution < -0.4 is 5.32 Å². The van der Waals surface area contributed by atoms with Crippen molar-refractivity contribution < 1.29 is 9.18 Å². The molecule has 1 unspecified atom stereocenters. The second-order valence-corrected chi connectivity index (χ2v) is 8.30. The molecule has 0 amide bonds. The molecule has 2 aromatic rings. The smallest absolute Gasteiger partial charge is 0.311 e. The monoisotopic (exact) mass is 379 g/mol. The van der Waals surface area contributed by atoms with Gasteiger partial charge in [-0.2, -0.15) is 4.39 Å². The first-order valence-electron chi connectivity index (χ1n) is 10.2. The molecule has 0 spiro atoms. The van der Waals surface area contributed by atoms with Crippen molar-refractivity contribution in [3.63, 3.8) is 0 Å². The first kappa shape index (κ1) is 20.3. The van der Waals surface area contributed by atoms with Crippen LogP contribution in [0.4, 0.5) is 10.1 Å². The highest BCUT2D eigenvalue weighted by Gasteiger charge is 2.34. The highest BCUT2D eigenvalue weighted by atomic mass is 19.1. The molecule has 1 fully saturated rings. The summed E-state index contributed by atoms with van der Waals surface area (Å²) in [4.78, 5) is 11.5. The largest absolute Gasteiger partial charge is 0.359 e. The molecule has 0 heterocycles. The van der Waals surface area contributed by atoms with E-state index in [2.05, 4.69) is 36.2 Å². The molecule has 0 bridgehead atoms. The van der Waals surface area contributed by atoms with E-state index in [4.69, 9.17) is 0 Å². The predicted molar refractivity (Wildman–Crippen MR) is 114 cm³/mol. The van der Waals surface area contributed by atoms with Gasteiger partial charge in [-0.3, -0.25) is 4.79 Å². The molecule has 0 aliphatic heterocycles. The third kappa shape index (κ3) is 5.09. The van der Waals surface area contributed by atoms with Crippen LogP contribution in [-0.4, -0.2) is 6.04 Å². The number of hydrogen-bond acceptors (Lipinski definition) is 2. The average Bonchev–Trinajstić information content (AvgIpc) is 3.48. The minimum atomic E-state index is -1.27. The Morgan fingerprint density at radius 3 is 2.25 bits per heavy atom. The number of carbonyl (C=O) groups is 1. The molecule has 28 heavy (non-hydrogen) atoms. The van der Waals surface area contributed by atoms with Crippen LogP contribution in [0, 0.1) is 5.92 Å². The minimum absolute atomic E-state index is 0.499. The highest BCUT2D eigenvalue weighted by Crippen LogP contribution is 2.33. The van der Waals surface area contributed by atoms with E-state index in [1.54, 1.807) is 6.92 Å². The molecular weight excluding hydrogens is 349 g/mol. The standard InChI is InChI=1S/C25H30FNO/c1-4-15-25(3,24(26)28)22-11-13-23(14-12-22)27-18(2)16-19-5-7-20(8-6-19)17-21-9-10-21/h5-8,11-14,21,27H,2,4,9-10,15-17H2,1,3H3. The Hall–Kier alpha value is -2.42. The quantitative estimate of drug-likeness (QED) is 0.487. The summed E-state index contributed by atoms with van der Waals surface area (Å²) < 4.78 is 13.6. The molecule has 3 heteroatoms. The first-order chi connectivity index (χ1) is 13.4. The second-order valence-electron chi connectivity index (χ2n) is 8.30. The lowest BCUT2D eigenvalue weighted by atomic mass is 9.79. The van der Waals surface area contributed by atoms with Crippen LogP contribution >= 0.6 is 0 Å². The van der Waals surface area contributed by atoms with Crippen LogP contribution in [0.3, 0.4) is 0 Å². The Kier molecular flexibility index (Phi) is 6.33. The van der Waals surface area contributed by atoms with Gasteiger partial charge >= 0.3 is 6.04 Å². The number of hydrogen-bond donors (Lipinski definition) is 1. The lowest BCUT2D eigenvalue weighted by molar-refractivity contribution is -0.135. The molecule has 148 valence electrons. The zero-order valence-corrected chi connectivity index (χ0v) is 16.9. The van der Waals surface area contributed by atoms with Gasteiger partial charge in [-0.05, 0) is 67.3 Å². The summed E-state index contributed by atoms with van der Waals surface area (Å²) in [5.41, 5.74) is 4.09. The van der Waals surface area contributed by atoms with Crippen LogP contribution in [0.15, 0.2) is 60.8 Å². The van der Waals surface area contributed by atoms with Crippen molar-refractivity contribution >= 4 is 11.7 Å². The lowest BCUT2D eigenvalue weighted by Gasteiger charge is -2.24. The molecule has 1 aliphatic rings. The third-order valence-corrected chi connectivity index (χ3v) is 5.69. The number of anilines is 1. The number of benzene rings is 2. The van der Waals surface area contributed by atoms with Gasteiger partial charge in [0.05, 0.1) is 5.41 Å². The summed E-state index contributed by atoms with van der Waals surface area (Å²) in [6.45, 7) is 7.76. The Morgan fingerprint density at radius 1 is 1.11 bits per heavy atom. The number of allylic oxidation sites excluding steroid dienone is 1. The molecule has 2 nitrogen and oxygen atoms in total. The topological polar surface area (TPSA) is 29.1 Å². The number of nitrogens with one attached hydrogen (secondary N) is 1. The molecule has 1 atom stereocenters. The summed E-state index contributed by atoms with van der Waals surface area (Å²) in [7, 11) is 0. The molecule has 0 radical (unpaired) electrons. The van der Waals surface area contributed by atoms with E-state index in [1.165, 1.54) is 30.4 Å². The average molecular weight is 380 g/mol. The summed E-state index contributed by atoms with van der Waals surface area (Å²) in [6.07, 6.45) is 5.95. The molecule has 1 N–H and O–H groups in total. The van der Waals surface area contributed by atoms with Crippen LogP contribution in [0.25, 0.3) is 0 Å². The van der Waals surface area contributed by atoms with Crippen molar-refractivity contribution in [2.24, 2.45) is 5.92 Å². The van der Waals surface area contributed by atoms with Crippen LogP contribution in [0.5, 0.6) is 0 Å². The van der Waals surface area contributed by atoms with Crippen molar-refractivity contribution in [3.05, 3.63) is 77.5 Å². The zero-order chi connectivity index (χ0) is 20.1. The maximum atomic E-state index is 13.6. The van der Waals surface area contributed by atoms with Crippen LogP contribution in [0.2, 0.25) is 0 Å². The molecule has 2 aromatic carbocycles. The van der Waals surface area contributed by atoms with Gasteiger partial charge in [-0.15, -0.1) is 0 Å². The fourth-order valence-corrected chi connectivity index (χ4v) is 3.72. The van der Waals surface area contributed by atoms with Gasteiger partial charge in [0.25, 0.3) is 0 Å². The molecule has 0 saturated heterocycles. The Bertz CT molecular complexity index is 821. The molecule has 0 aromatic heterocycles. The van der Waals surface area contributed by atoms with Crippen LogP contribution in [0.1, 0.15) is 56.2 Å². The maximum Gasteiger partial charge on any atom is 0.311 e. The van der Waals surface area contributed by atoms with E-state index < -0.39 is 11.5 Å². The van der Waals surface area contributed by atoms with E-state index in [-0.39, 0.29) is 0 Å². The number of carbonyl (C=O) groups excluding carboxylic acids is 1. The van der Waals surface area contributed by atoms with Gasteiger partial charge in [-0.1, -0.05) is 56.3 Å². The second kappa shape index (κ2) is 8.72. The number of rotatable bonds is 10. The third-order valence-electron chi connectivity index (χ3n) is 5.69. The normalized spacial score (nSPS) is 15.7. The maximum absolute atomic E-state index is 13.6. The summed E-state index contributed by atoms with van der Waals surface area (Å²) in [5.74, 6) is 0.900. The molecule has 1 aliphatic carbocycles. The predicted octanol–water partition coefficient (Wildman–Crippen LogP) is 6.36. The van der Waals surface area contributed by atoms with Crippen LogP contribution in [-0.2, 0) is 23.1 Å². The van der Waals surface area contributed by atoms with E-state index >= 15 is 0 Å². The van der Waals surface area contributed by atoms with Crippen molar-refractivity contribution in [2.45, 2.75) is 57.8 Å². The highest BCUT2D eigenvalue weighted by molar-refractivity contribution is 5.81. The van der Waals surface area contributed by atoms with Crippen molar-refractivity contribution in [2.75, 3.05) is 5.32 Å². The lowest BCUT2D eigenvalue weighted by Crippen LogP contribution is -2.29. The van der Waals surface area contributed by atoms with Gasteiger partial charge in [-0.25, -0.2) is 0 Å². The Labute approximate surface area is 167 Å². The molecular formula is C25H30FNO. The SMILES string of the molecule is C=C(Cc1ccc(CC2CC2)cc1)Nc1ccc(C(C)(CCC)C(=O)F)cc1. The van der Waals surface area contributed by atoms with E-state index in [0.717, 1.165) is 30.1 Å². The van der Waals surface area contributed by atoms with Crippen molar-refractivity contribution in [3.8, 4) is 0 Å². The van der Waals surface area contributed by atoms with Gasteiger partial charge in [0.1, 0.15) is 0 Å².